The Hall–Kier alpha value is -1.46. The van der Waals surface area contributed by atoms with Crippen LogP contribution in [0.4, 0.5) is 4.39 Å². The maximum atomic E-state index is 13.8. The van der Waals surface area contributed by atoms with Crippen molar-refractivity contribution in [2.45, 2.75) is 44.1 Å². The van der Waals surface area contributed by atoms with E-state index in [1.165, 1.54) is 25.3 Å². The van der Waals surface area contributed by atoms with Crippen LogP contribution in [0.3, 0.4) is 0 Å². The van der Waals surface area contributed by atoms with E-state index >= 15 is 0 Å². The number of halogens is 1. The van der Waals surface area contributed by atoms with Gasteiger partial charge < -0.3 is 10.2 Å². The summed E-state index contributed by atoms with van der Waals surface area (Å²) in [4.78, 5) is 17.4. The Morgan fingerprint density at radius 2 is 1.80 bits per heavy atom. The van der Waals surface area contributed by atoms with Crippen LogP contribution < -0.4 is 5.32 Å². The second-order valence-electron chi connectivity index (χ2n) is 7.62. The molecule has 0 saturated carbocycles. The summed E-state index contributed by atoms with van der Waals surface area (Å²) >= 11 is 0. The molecule has 1 N–H and O–H groups in total. The summed E-state index contributed by atoms with van der Waals surface area (Å²) in [5, 5.41) is 3.12. The molecule has 25 heavy (non-hydrogen) atoms. The van der Waals surface area contributed by atoms with Crippen LogP contribution in [-0.4, -0.2) is 61.0 Å². The molecule has 0 atom stereocenters. The molecule has 138 valence electrons. The average molecular weight is 347 g/mol. The number of hydrogen-bond donors (Lipinski definition) is 1. The number of rotatable bonds is 5. The highest BCUT2D eigenvalue weighted by atomic mass is 19.1. The van der Waals surface area contributed by atoms with E-state index in [4.69, 9.17) is 0 Å². The van der Waals surface area contributed by atoms with Gasteiger partial charge in [0.05, 0.1) is 6.42 Å². The molecule has 0 unspecified atom stereocenters. The molecular formula is C20H30FN3O. The predicted octanol–water partition coefficient (Wildman–Crippen LogP) is 2.43. The summed E-state index contributed by atoms with van der Waals surface area (Å²) in [6.07, 6.45) is 6.10. The van der Waals surface area contributed by atoms with Crippen molar-refractivity contribution < 1.29 is 9.18 Å². The van der Waals surface area contributed by atoms with Crippen molar-refractivity contribution in [2.75, 3.05) is 39.8 Å². The molecule has 0 aromatic heterocycles. The van der Waals surface area contributed by atoms with Crippen LogP contribution in [0.15, 0.2) is 24.3 Å². The fourth-order valence-electron chi connectivity index (χ4n) is 4.15. The summed E-state index contributed by atoms with van der Waals surface area (Å²) < 4.78 is 13.8. The molecule has 1 amide bonds. The van der Waals surface area contributed by atoms with Gasteiger partial charge in [0.15, 0.2) is 0 Å². The molecule has 4 nitrogen and oxygen atoms in total. The minimum Gasteiger partial charge on any atom is -0.354 e. The first kappa shape index (κ1) is 18.3. The van der Waals surface area contributed by atoms with Crippen LogP contribution in [0.2, 0.25) is 0 Å². The van der Waals surface area contributed by atoms with Crippen LogP contribution in [0.25, 0.3) is 0 Å². The van der Waals surface area contributed by atoms with E-state index in [0.717, 1.165) is 39.0 Å². The molecule has 0 spiro atoms. The maximum absolute atomic E-state index is 13.8. The van der Waals surface area contributed by atoms with Gasteiger partial charge in [-0.3, -0.25) is 9.69 Å². The molecule has 2 saturated heterocycles. The van der Waals surface area contributed by atoms with Gasteiger partial charge >= 0.3 is 0 Å². The molecule has 0 bridgehead atoms. The van der Waals surface area contributed by atoms with Crippen molar-refractivity contribution in [3.05, 3.63) is 35.6 Å². The summed E-state index contributed by atoms with van der Waals surface area (Å²) in [7, 11) is 2.16. The second kappa shape index (κ2) is 8.28. The fraction of sp³-hybridized carbons (Fsp3) is 0.650. The largest absolute Gasteiger partial charge is 0.354 e. The topological polar surface area (TPSA) is 35.6 Å². The normalized spacial score (nSPS) is 21.8. The summed E-state index contributed by atoms with van der Waals surface area (Å²) in [5.41, 5.74) is 0.535. The lowest BCUT2D eigenvalue weighted by molar-refractivity contribution is -0.121. The lowest BCUT2D eigenvalue weighted by Gasteiger charge is -2.50. The number of benzene rings is 1. The third kappa shape index (κ3) is 4.59. The zero-order chi connectivity index (χ0) is 17.7. The van der Waals surface area contributed by atoms with Crippen LogP contribution in [0.1, 0.15) is 37.7 Å². The molecule has 1 aromatic carbocycles. The first-order chi connectivity index (χ1) is 12.1. The highest BCUT2D eigenvalue weighted by Crippen LogP contribution is 2.30. The number of nitrogens with one attached hydrogen (secondary N) is 1. The van der Waals surface area contributed by atoms with E-state index in [1.54, 1.807) is 18.2 Å². The van der Waals surface area contributed by atoms with E-state index in [2.05, 4.69) is 22.2 Å². The van der Waals surface area contributed by atoms with Crippen molar-refractivity contribution in [3.63, 3.8) is 0 Å². The summed E-state index contributed by atoms with van der Waals surface area (Å²) in [6.45, 7) is 5.08. The van der Waals surface area contributed by atoms with Gasteiger partial charge in [-0.15, -0.1) is 0 Å². The van der Waals surface area contributed by atoms with Crippen molar-refractivity contribution in [1.29, 1.82) is 0 Å². The molecule has 0 radical (unpaired) electrons. The van der Waals surface area contributed by atoms with Crippen molar-refractivity contribution in [1.82, 2.24) is 15.1 Å². The van der Waals surface area contributed by atoms with E-state index in [9.17, 15) is 9.18 Å². The molecule has 3 rings (SSSR count). The Balaban J connectivity index is 1.62. The van der Waals surface area contributed by atoms with Gasteiger partial charge in [-0.2, -0.15) is 0 Å². The van der Waals surface area contributed by atoms with Crippen LogP contribution in [-0.2, 0) is 11.2 Å². The Labute approximate surface area is 150 Å². The summed E-state index contributed by atoms with van der Waals surface area (Å²) in [5.74, 6) is -0.386. The quantitative estimate of drug-likeness (QED) is 0.889. The maximum Gasteiger partial charge on any atom is 0.224 e. The standard InChI is InChI=1S/C20H30FN3O/c1-23-13-9-20(10-14-23,24-11-5-2-6-12-24)16-22-19(25)15-17-7-3-4-8-18(17)21/h3-4,7-8H,2,5-6,9-16H2,1H3,(H,22,25). The Kier molecular flexibility index (Phi) is 6.07. The van der Waals surface area contributed by atoms with Crippen molar-refractivity contribution >= 4 is 5.91 Å². The Morgan fingerprint density at radius 1 is 1.12 bits per heavy atom. The minimum atomic E-state index is -0.303. The first-order valence-electron chi connectivity index (χ1n) is 9.53. The zero-order valence-electron chi connectivity index (χ0n) is 15.3. The fourth-order valence-corrected chi connectivity index (χ4v) is 4.15. The predicted molar refractivity (Wildman–Crippen MR) is 98.0 cm³/mol. The monoisotopic (exact) mass is 347 g/mol. The second-order valence-corrected chi connectivity index (χ2v) is 7.62. The van der Waals surface area contributed by atoms with E-state index in [0.29, 0.717) is 12.1 Å². The van der Waals surface area contributed by atoms with Crippen LogP contribution >= 0.6 is 0 Å². The van der Waals surface area contributed by atoms with E-state index in [1.807, 2.05) is 0 Å². The van der Waals surface area contributed by atoms with Crippen molar-refractivity contribution in [2.24, 2.45) is 0 Å². The number of piperidine rings is 2. The lowest BCUT2D eigenvalue weighted by Crippen LogP contribution is -2.61. The highest BCUT2D eigenvalue weighted by molar-refractivity contribution is 5.78. The van der Waals surface area contributed by atoms with Gasteiger partial charge in [0, 0.05) is 12.1 Å². The van der Waals surface area contributed by atoms with Crippen LogP contribution in [0.5, 0.6) is 0 Å². The number of amides is 1. The molecule has 0 aliphatic carbocycles. The molecule has 5 heteroatoms. The SMILES string of the molecule is CN1CCC(CNC(=O)Cc2ccccc2F)(N2CCCCC2)CC1. The lowest BCUT2D eigenvalue weighted by atomic mass is 9.84. The number of likely N-dealkylation sites (tertiary alicyclic amines) is 2. The van der Waals surface area contributed by atoms with Crippen LogP contribution in [0, 0.1) is 5.82 Å². The third-order valence-electron chi connectivity index (χ3n) is 5.87. The van der Waals surface area contributed by atoms with E-state index in [-0.39, 0.29) is 23.7 Å². The van der Waals surface area contributed by atoms with Gasteiger partial charge in [-0.1, -0.05) is 24.6 Å². The molecule has 2 aliphatic heterocycles. The Morgan fingerprint density at radius 3 is 2.48 bits per heavy atom. The van der Waals surface area contributed by atoms with Crippen molar-refractivity contribution in [3.8, 4) is 0 Å². The molecule has 2 fully saturated rings. The van der Waals surface area contributed by atoms with Gasteiger partial charge in [0.1, 0.15) is 5.82 Å². The molecule has 2 aliphatic rings. The third-order valence-corrected chi connectivity index (χ3v) is 5.87. The molecule has 1 aromatic rings. The van der Waals surface area contributed by atoms with Gasteiger partial charge in [0.25, 0.3) is 0 Å². The van der Waals surface area contributed by atoms with E-state index < -0.39 is 0 Å². The summed E-state index contributed by atoms with van der Waals surface area (Å²) in [6, 6.07) is 6.53. The molecular weight excluding hydrogens is 317 g/mol. The van der Waals surface area contributed by atoms with Gasteiger partial charge in [0.2, 0.25) is 5.91 Å². The smallest absolute Gasteiger partial charge is 0.224 e. The number of carbonyl (C=O) groups is 1. The highest BCUT2D eigenvalue weighted by Gasteiger charge is 2.39. The first-order valence-corrected chi connectivity index (χ1v) is 9.53. The number of hydrogen-bond acceptors (Lipinski definition) is 3. The minimum absolute atomic E-state index is 0.0673. The number of carbonyl (C=O) groups excluding carboxylic acids is 1. The van der Waals surface area contributed by atoms with Gasteiger partial charge in [-0.05, 0) is 70.5 Å². The number of nitrogens with zero attached hydrogens (tertiary/aromatic N) is 2. The van der Waals surface area contributed by atoms with Gasteiger partial charge in [-0.25, -0.2) is 4.39 Å². The zero-order valence-corrected chi connectivity index (χ0v) is 15.3. The Bertz CT molecular complexity index is 578. The molecule has 2 heterocycles. The average Bonchev–Trinajstić information content (AvgIpc) is 2.64.